The van der Waals surface area contributed by atoms with Crippen LogP contribution in [0.1, 0.15) is 118 Å². The molecular weight excluding hydrogens is 1040 g/mol. The van der Waals surface area contributed by atoms with Crippen LogP contribution in [0.2, 0.25) is 0 Å². The minimum atomic E-state index is -5.32. The standard InChI is InChI=1S/C63H57BF13N2/c1-32-25-40(43-28-41(38-13-17-44(18-14-38)58(7,8)9)27-42(29-43)39-15-19-45(20-16-39)59(10,11)12)26-33(2)52(32)55-56-34(3)53(48-23-21-46(60(65,66)67)30-50(48)62(71,72)73)36(5)78(56)64(77)79-37(6)54(35(4)57(55)79)49-24-22-47(61(68,69)70)31-51(49)63(74,75)76/h13-21,23-31,47H,22H2,1-12H3/q+1. The molecule has 3 heterocycles. The highest BCUT2D eigenvalue weighted by Crippen LogP contribution is 2.53. The summed E-state index contributed by atoms with van der Waals surface area (Å²) >= 11 is 0. The Morgan fingerprint density at radius 3 is 1.43 bits per heavy atom. The van der Waals surface area contributed by atoms with Crippen LogP contribution in [0.25, 0.3) is 50.1 Å². The number of hydrogen-bond acceptors (Lipinski definition) is 0. The van der Waals surface area contributed by atoms with Gasteiger partial charge in [-0.25, -0.2) is 8.80 Å². The third kappa shape index (κ3) is 10.1. The monoisotopic (exact) mass is 1100 g/mol. The van der Waals surface area contributed by atoms with Crippen LogP contribution in [0, 0.1) is 33.6 Å². The first-order chi connectivity index (χ1) is 36.4. The summed E-state index contributed by atoms with van der Waals surface area (Å²) in [5.74, 6) is -2.46. The number of fused-ring (bicyclic) bond motifs is 2. The summed E-state index contributed by atoms with van der Waals surface area (Å²) in [4.78, 5) is 0. The van der Waals surface area contributed by atoms with Gasteiger partial charge >= 0.3 is 32.0 Å². The van der Waals surface area contributed by atoms with Crippen molar-refractivity contribution in [2.75, 3.05) is 0 Å². The van der Waals surface area contributed by atoms with Crippen LogP contribution >= 0.6 is 0 Å². The van der Waals surface area contributed by atoms with Crippen LogP contribution in [0.15, 0.2) is 137 Å². The fraction of sp³-hybridized carbons (Fsp3) is 0.317. The van der Waals surface area contributed by atoms with Gasteiger partial charge in [0.25, 0.3) is 0 Å². The van der Waals surface area contributed by atoms with Gasteiger partial charge in [-0.1, -0.05) is 120 Å². The molecule has 3 aliphatic rings. The predicted octanol–water partition coefficient (Wildman–Crippen LogP) is 19.4. The number of aromatic nitrogens is 1. The Hall–Kier alpha value is -6.84. The van der Waals surface area contributed by atoms with Crippen molar-refractivity contribution in [2.24, 2.45) is 5.92 Å². The summed E-state index contributed by atoms with van der Waals surface area (Å²) in [6, 6.07) is 27.9. The summed E-state index contributed by atoms with van der Waals surface area (Å²) in [6.07, 6.45) is -20.6. The zero-order valence-corrected chi connectivity index (χ0v) is 45.6. The number of benzene rings is 5. The van der Waals surface area contributed by atoms with E-state index in [4.69, 9.17) is 0 Å². The minimum absolute atomic E-state index is 0.00870. The molecule has 0 N–H and O–H groups in total. The average Bonchev–Trinajstić information content (AvgIpc) is 3.34. The molecule has 1 aromatic heterocycles. The maximum Gasteiger partial charge on any atom is 0.846 e. The molecule has 2 aliphatic heterocycles. The molecule has 0 radical (unpaired) electrons. The van der Waals surface area contributed by atoms with E-state index < -0.39 is 72.1 Å². The molecule has 0 amide bonds. The highest BCUT2D eigenvalue weighted by molar-refractivity contribution is 6.44. The summed E-state index contributed by atoms with van der Waals surface area (Å²) in [6.45, 7) is 21.8. The second-order valence-electron chi connectivity index (χ2n) is 23.1. The van der Waals surface area contributed by atoms with E-state index in [1.807, 2.05) is 12.1 Å². The lowest BCUT2D eigenvalue weighted by atomic mass is 9.81. The van der Waals surface area contributed by atoms with E-state index >= 15 is 17.5 Å². The lowest BCUT2D eigenvalue weighted by Gasteiger charge is -2.25. The third-order valence-corrected chi connectivity index (χ3v) is 15.7. The van der Waals surface area contributed by atoms with Crippen molar-refractivity contribution in [3.05, 3.63) is 193 Å². The van der Waals surface area contributed by atoms with Gasteiger partial charge in [0.1, 0.15) is 0 Å². The zero-order valence-electron chi connectivity index (χ0n) is 45.6. The molecule has 0 fully saturated rings. The second kappa shape index (κ2) is 19.2. The summed E-state index contributed by atoms with van der Waals surface area (Å²) in [7, 11) is -2.38. The van der Waals surface area contributed by atoms with E-state index in [2.05, 4.69) is 108 Å². The van der Waals surface area contributed by atoms with Gasteiger partial charge in [0.2, 0.25) is 0 Å². The van der Waals surface area contributed by atoms with Crippen molar-refractivity contribution < 1.29 is 61.5 Å². The van der Waals surface area contributed by atoms with Crippen molar-refractivity contribution in [2.45, 2.75) is 125 Å². The Balaban J connectivity index is 1.32. The maximum atomic E-state index is 18.1. The van der Waals surface area contributed by atoms with E-state index in [0.717, 1.165) is 59.5 Å². The van der Waals surface area contributed by atoms with Gasteiger partial charge < -0.3 is 0 Å². The molecule has 0 saturated carbocycles. The molecule has 6 aromatic rings. The highest BCUT2D eigenvalue weighted by atomic mass is 19.4. The van der Waals surface area contributed by atoms with E-state index in [-0.39, 0.29) is 73.6 Å². The molecule has 1 unspecified atom stereocenters. The summed E-state index contributed by atoms with van der Waals surface area (Å²) in [5.41, 5.74) is 2.52. The molecule has 1 atom stereocenters. The van der Waals surface area contributed by atoms with Crippen LogP contribution in [0.4, 0.5) is 57.0 Å². The predicted molar refractivity (Wildman–Crippen MR) is 287 cm³/mol. The van der Waals surface area contributed by atoms with E-state index in [1.54, 1.807) is 13.8 Å². The van der Waals surface area contributed by atoms with Crippen LogP contribution in [-0.4, -0.2) is 34.3 Å². The van der Waals surface area contributed by atoms with Crippen molar-refractivity contribution in [3.63, 3.8) is 0 Å². The molecule has 0 bridgehead atoms. The molecule has 16 heteroatoms. The van der Waals surface area contributed by atoms with Gasteiger partial charge in [0.15, 0.2) is 11.4 Å². The number of halogens is 13. The van der Waals surface area contributed by atoms with Gasteiger partial charge in [-0.3, -0.25) is 4.48 Å². The molecule has 0 saturated heterocycles. The second-order valence-corrected chi connectivity index (χ2v) is 23.1. The zero-order chi connectivity index (χ0) is 58.2. The molecule has 2 nitrogen and oxygen atoms in total. The molecule has 0 spiro atoms. The van der Waals surface area contributed by atoms with Crippen LogP contribution < -0.4 is 0 Å². The van der Waals surface area contributed by atoms with E-state index in [9.17, 15) is 39.5 Å². The Morgan fingerprint density at radius 1 is 0.519 bits per heavy atom. The minimum Gasteiger partial charge on any atom is -0.289 e. The van der Waals surface area contributed by atoms with Gasteiger partial charge in [-0.2, -0.15) is 52.7 Å². The highest BCUT2D eigenvalue weighted by Gasteiger charge is 2.56. The number of rotatable bonds is 6. The normalized spacial score (nSPS) is 16.7. The van der Waals surface area contributed by atoms with Crippen molar-refractivity contribution in [1.29, 1.82) is 0 Å². The molecule has 79 heavy (non-hydrogen) atoms. The molecule has 5 aromatic carbocycles. The number of alkyl halides is 12. The van der Waals surface area contributed by atoms with E-state index in [0.29, 0.717) is 28.8 Å². The van der Waals surface area contributed by atoms with Crippen LogP contribution in [-0.2, 0) is 23.2 Å². The molecular formula is C63H57BF13N2+. The topological polar surface area (TPSA) is 7.94 Å². The maximum absolute atomic E-state index is 18.1. The fourth-order valence-electron chi connectivity index (χ4n) is 11.7. The van der Waals surface area contributed by atoms with Gasteiger partial charge in [-0.05, 0) is 160 Å². The molecule has 1 aliphatic carbocycles. The van der Waals surface area contributed by atoms with Crippen molar-refractivity contribution in [3.8, 4) is 44.5 Å². The first kappa shape index (κ1) is 56.9. The molecule has 412 valence electrons. The van der Waals surface area contributed by atoms with Crippen LogP contribution in [0.3, 0.4) is 0 Å². The molecule has 9 rings (SSSR count). The van der Waals surface area contributed by atoms with Crippen molar-refractivity contribution >= 4 is 18.5 Å². The number of nitrogens with zero attached hydrogens (tertiary/aromatic N) is 2. The number of aryl methyl sites for hydroxylation is 2. The van der Waals surface area contributed by atoms with E-state index in [1.165, 1.54) is 27.7 Å². The Bertz CT molecular complexity index is 3550. The van der Waals surface area contributed by atoms with Gasteiger partial charge in [0, 0.05) is 23.8 Å². The first-order valence-electron chi connectivity index (χ1n) is 25.7. The summed E-state index contributed by atoms with van der Waals surface area (Å²) < 4.78 is 195. The summed E-state index contributed by atoms with van der Waals surface area (Å²) in [5, 5.41) is 0. The quantitative estimate of drug-likeness (QED) is 0.116. The average molecular weight is 1100 g/mol. The lowest BCUT2D eigenvalue weighted by Crippen LogP contribution is -2.41. The smallest absolute Gasteiger partial charge is 0.289 e. The lowest BCUT2D eigenvalue weighted by molar-refractivity contribution is -0.337. The third-order valence-electron chi connectivity index (χ3n) is 15.7. The SMILES string of the molecule is CC1=C(C2=CCC(C(F)(F)F)C=C2C(F)(F)F)C(C)=[N+]2B(F)n3c(C)c(-c4ccc(C(F)(F)F)cc4C(F)(F)F)c(C)c3C(c3c(C)cc(-c4cc(-c5ccc(C(C)(C)C)cc5)cc(-c5ccc(C(C)(C)C)cc5)c4)cc3C)=C12. The Morgan fingerprint density at radius 2 is 0.987 bits per heavy atom. The van der Waals surface area contributed by atoms with Crippen LogP contribution in [0.5, 0.6) is 0 Å². The van der Waals surface area contributed by atoms with Gasteiger partial charge in [0.05, 0.1) is 39.5 Å². The number of allylic oxidation sites excluding steroid dienone is 6. The van der Waals surface area contributed by atoms with Gasteiger partial charge in [-0.15, -0.1) is 0 Å². The van der Waals surface area contributed by atoms with Crippen molar-refractivity contribution in [1.82, 2.24) is 4.48 Å². The largest absolute Gasteiger partial charge is 0.846 e. The first-order valence-corrected chi connectivity index (χ1v) is 25.7. The fourth-order valence-corrected chi connectivity index (χ4v) is 11.7. The Labute approximate surface area is 451 Å². The Kier molecular flexibility index (Phi) is 13.8. The number of hydrogen-bond donors (Lipinski definition) is 0.